The summed E-state index contributed by atoms with van der Waals surface area (Å²) in [7, 11) is 1.74. The summed E-state index contributed by atoms with van der Waals surface area (Å²) < 4.78 is 7.34. The SMILES string of the molecule is Cn1nc(COc2ccccc2)c(-c2nc3ccccc3c(=O)[nH]2)c1N. The maximum absolute atomic E-state index is 12.4. The van der Waals surface area contributed by atoms with Crippen LogP contribution in [0, 0.1) is 0 Å². The molecule has 0 aliphatic carbocycles. The van der Waals surface area contributed by atoms with Gasteiger partial charge in [-0.05, 0) is 24.3 Å². The molecule has 130 valence electrons. The Labute approximate surface area is 149 Å². The number of rotatable bonds is 4. The number of nitrogens with zero attached hydrogens (tertiary/aromatic N) is 3. The number of anilines is 1. The zero-order valence-corrected chi connectivity index (χ0v) is 14.1. The smallest absolute Gasteiger partial charge is 0.259 e. The summed E-state index contributed by atoms with van der Waals surface area (Å²) in [4.78, 5) is 19.7. The molecule has 0 saturated carbocycles. The number of fused-ring (bicyclic) bond motifs is 1. The largest absolute Gasteiger partial charge is 0.487 e. The van der Waals surface area contributed by atoms with Crippen LogP contribution < -0.4 is 16.0 Å². The topological polar surface area (TPSA) is 98.8 Å². The van der Waals surface area contributed by atoms with Crippen LogP contribution in [0.25, 0.3) is 22.3 Å². The number of ether oxygens (including phenoxy) is 1. The zero-order valence-electron chi connectivity index (χ0n) is 14.1. The molecule has 2 heterocycles. The Balaban J connectivity index is 1.78. The first-order valence-corrected chi connectivity index (χ1v) is 8.12. The molecule has 26 heavy (non-hydrogen) atoms. The van der Waals surface area contributed by atoms with Crippen molar-refractivity contribution in [3.05, 3.63) is 70.6 Å². The Morgan fingerprint density at radius 1 is 1.12 bits per heavy atom. The lowest BCUT2D eigenvalue weighted by Crippen LogP contribution is -2.11. The standard InChI is InChI=1S/C19H17N5O2/c1-24-17(20)16(15(23-24)11-26-12-7-3-2-4-8-12)18-21-14-10-6-5-9-13(14)19(25)22-18/h2-10H,11,20H2,1H3,(H,21,22,25). The molecule has 0 fully saturated rings. The van der Waals surface area contributed by atoms with Crippen LogP contribution >= 0.6 is 0 Å². The number of nitrogen functional groups attached to an aromatic ring is 1. The highest BCUT2D eigenvalue weighted by atomic mass is 16.5. The molecule has 0 spiro atoms. The molecule has 7 heteroatoms. The maximum Gasteiger partial charge on any atom is 0.259 e. The molecule has 3 N–H and O–H groups in total. The van der Waals surface area contributed by atoms with Gasteiger partial charge in [0, 0.05) is 7.05 Å². The van der Waals surface area contributed by atoms with Crippen molar-refractivity contribution in [3.63, 3.8) is 0 Å². The minimum Gasteiger partial charge on any atom is -0.487 e. The molecule has 0 aliphatic rings. The van der Waals surface area contributed by atoms with E-state index in [9.17, 15) is 4.79 Å². The Morgan fingerprint density at radius 2 is 1.85 bits per heavy atom. The van der Waals surface area contributed by atoms with Gasteiger partial charge >= 0.3 is 0 Å². The van der Waals surface area contributed by atoms with E-state index in [-0.39, 0.29) is 12.2 Å². The second-order valence-corrected chi connectivity index (χ2v) is 5.86. The van der Waals surface area contributed by atoms with Gasteiger partial charge in [0.05, 0.1) is 16.5 Å². The zero-order chi connectivity index (χ0) is 18.1. The predicted octanol–water partition coefficient (Wildman–Crippen LogP) is 2.48. The van der Waals surface area contributed by atoms with Crippen molar-refractivity contribution < 1.29 is 4.74 Å². The first-order chi connectivity index (χ1) is 12.6. The molecule has 0 atom stereocenters. The molecular formula is C19H17N5O2. The number of benzene rings is 2. The van der Waals surface area contributed by atoms with Crippen LogP contribution in [0.15, 0.2) is 59.4 Å². The first kappa shape index (κ1) is 15.9. The van der Waals surface area contributed by atoms with Crippen molar-refractivity contribution >= 4 is 16.7 Å². The van der Waals surface area contributed by atoms with Crippen LogP contribution in [0.3, 0.4) is 0 Å². The second kappa shape index (κ2) is 6.36. The molecule has 7 nitrogen and oxygen atoms in total. The van der Waals surface area contributed by atoms with Gasteiger partial charge in [0.2, 0.25) is 0 Å². The van der Waals surface area contributed by atoms with E-state index >= 15 is 0 Å². The Bertz CT molecular complexity index is 1130. The molecule has 0 radical (unpaired) electrons. The van der Waals surface area contributed by atoms with Crippen LogP contribution in [0.4, 0.5) is 5.82 Å². The van der Waals surface area contributed by atoms with Crippen molar-refractivity contribution in [2.45, 2.75) is 6.61 Å². The maximum atomic E-state index is 12.4. The number of hydrogen-bond acceptors (Lipinski definition) is 5. The number of para-hydroxylation sites is 2. The van der Waals surface area contributed by atoms with Crippen molar-refractivity contribution in [1.29, 1.82) is 0 Å². The molecule has 0 aliphatic heterocycles. The highest BCUT2D eigenvalue weighted by molar-refractivity contribution is 5.81. The number of hydrogen-bond donors (Lipinski definition) is 2. The van der Waals surface area contributed by atoms with Crippen molar-refractivity contribution in [1.82, 2.24) is 19.7 Å². The quantitative estimate of drug-likeness (QED) is 0.591. The lowest BCUT2D eigenvalue weighted by Gasteiger charge is -2.07. The van der Waals surface area contributed by atoms with E-state index in [2.05, 4.69) is 15.1 Å². The fraction of sp³-hybridized carbons (Fsp3) is 0.105. The molecular weight excluding hydrogens is 330 g/mol. The molecule has 2 aromatic heterocycles. The number of aromatic amines is 1. The van der Waals surface area contributed by atoms with E-state index in [1.54, 1.807) is 29.9 Å². The van der Waals surface area contributed by atoms with Gasteiger partial charge in [-0.2, -0.15) is 5.10 Å². The van der Waals surface area contributed by atoms with E-state index in [0.717, 1.165) is 5.75 Å². The lowest BCUT2D eigenvalue weighted by molar-refractivity contribution is 0.300. The summed E-state index contributed by atoms with van der Waals surface area (Å²) in [6.07, 6.45) is 0. The van der Waals surface area contributed by atoms with Gasteiger partial charge in [-0.1, -0.05) is 30.3 Å². The molecule has 0 unspecified atom stereocenters. The molecule has 2 aromatic carbocycles. The van der Waals surface area contributed by atoms with Gasteiger partial charge in [-0.15, -0.1) is 0 Å². The Hall–Kier alpha value is -3.61. The van der Waals surface area contributed by atoms with Crippen LogP contribution in [0.2, 0.25) is 0 Å². The monoisotopic (exact) mass is 347 g/mol. The third-order valence-corrected chi connectivity index (χ3v) is 4.13. The minimum absolute atomic E-state index is 0.209. The van der Waals surface area contributed by atoms with Gasteiger partial charge in [-0.25, -0.2) is 4.98 Å². The van der Waals surface area contributed by atoms with Crippen LogP contribution in [0.1, 0.15) is 5.69 Å². The summed E-state index contributed by atoms with van der Waals surface area (Å²) in [6, 6.07) is 16.6. The van der Waals surface area contributed by atoms with Crippen LogP contribution in [-0.2, 0) is 13.7 Å². The third-order valence-electron chi connectivity index (χ3n) is 4.13. The highest BCUT2D eigenvalue weighted by Gasteiger charge is 2.19. The van der Waals surface area contributed by atoms with Crippen molar-refractivity contribution in [3.8, 4) is 17.1 Å². The average molecular weight is 347 g/mol. The van der Waals surface area contributed by atoms with E-state index in [4.69, 9.17) is 10.5 Å². The van der Waals surface area contributed by atoms with Crippen molar-refractivity contribution in [2.24, 2.45) is 7.05 Å². The number of aromatic nitrogens is 4. The Morgan fingerprint density at radius 3 is 2.65 bits per heavy atom. The van der Waals surface area contributed by atoms with Gasteiger partial charge in [0.1, 0.15) is 29.7 Å². The summed E-state index contributed by atoms with van der Waals surface area (Å²) in [5.74, 6) is 1.52. The molecule has 4 rings (SSSR count). The number of nitrogens with two attached hydrogens (primary N) is 1. The van der Waals surface area contributed by atoms with Gasteiger partial charge in [0.25, 0.3) is 5.56 Å². The van der Waals surface area contributed by atoms with Crippen LogP contribution in [-0.4, -0.2) is 19.7 Å². The van der Waals surface area contributed by atoms with E-state index in [0.29, 0.717) is 33.8 Å². The summed E-state index contributed by atoms with van der Waals surface area (Å²) in [6.45, 7) is 0.209. The minimum atomic E-state index is -0.219. The van der Waals surface area contributed by atoms with E-state index in [1.807, 2.05) is 36.4 Å². The number of nitrogens with one attached hydrogen (secondary N) is 1. The molecule has 0 amide bonds. The van der Waals surface area contributed by atoms with Gasteiger partial charge in [0.15, 0.2) is 0 Å². The van der Waals surface area contributed by atoms with Crippen LogP contribution in [0.5, 0.6) is 5.75 Å². The lowest BCUT2D eigenvalue weighted by atomic mass is 10.2. The fourth-order valence-electron chi connectivity index (χ4n) is 2.83. The normalized spacial score (nSPS) is 11.0. The first-order valence-electron chi connectivity index (χ1n) is 8.12. The molecule has 4 aromatic rings. The second-order valence-electron chi connectivity index (χ2n) is 5.86. The summed E-state index contributed by atoms with van der Waals surface area (Å²) >= 11 is 0. The summed E-state index contributed by atoms with van der Waals surface area (Å²) in [5.41, 5.74) is 7.74. The molecule has 0 bridgehead atoms. The third kappa shape index (κ3) is 2.79. The predicted molar refractivity (Wildman–Crippen MR) is 99.8 cm³/mol. The molecule has 0 saturated heterocycles. The van der Waals surface area contributed by atoms with E-state index < -0.39 is 0 Å². The van der Waals surface area contributed by atoms with Crippen molar-refractivity contribution in [2.75, 3.05) is 5.73 Å². The number of aryl methyl sites for hydroxylation is 1. The van der Waals surface area contributed by atoms with Gasteiger partial charge < -0.3 is 15.5 Å². The highest BCUT2D eigenvalue weighted by Crippen LogP contribution is 2.27. The fourth-order valence-corrected chi connectivity index (χ4v) is 2.83. The number of H-pyrrole nitrogens is 1. The Kier molecular flexibility index (Phi) is 3.89. The average Bonchev–Trinajstić information content (AvgIpc) is 2.95. The van der Waals surface area contributed by atoms with E-state index in [1.165, 1.54) is 0 Å². The van der Waals surface area contributed by atoms with Gasteiger partial charge in [-0.3, -0.25) is 9.48 Å². The summed E-state index contributed by atoms with van der Waals surface area (Å²) in [5, 5.41) is 4.94.